The Kier molecular flexibility index (Phi) is 8.57. The quantitative estimate of drug-likeness (QED) is 0.124. The van der Waals surface area contributed by atoms with Crippen LogP contribution in [0.15, 0.2) is 184 Å². The second kappa shape index (κ2) is 14.4. The number of hydrogen-bond donors (Lipinski definition) is 0. The minimum Gasteiger partial charge on any atom is -0.452 e. The van der Waals surface area contributed by atoms with Gasteiger partial charge in [-0.1, -0.05) is 127 Å². The standard InChI is InChI=1S/C52H34N4OS2/c1-3-41(32-16-6-4-7-17-32)54-51(53-31(2)35-22-14-23-37-36-20-11-13-26-43(36)59-50(35)37)34-28-29-44-40(30-34)46-39(24-15-27-45(46)58-44)52-55-47(33-18-8-5-9-19-33)49-48(56-52)38-21-10-12-25-42(38)57-49/h3-30H,1-2H3/b41-3-,53-31?,54-51?. The molecule has 0 N–H and O–H groups in total. The number of thiophene rings is 2. The smallest absolute Gasteiger partial charge is 0.180 e. The lowest BCUT2D eigenvalue weighted by molar-refractivity contribution is 0.667. The van der Waals surface area contributed by atoms with Crippen molar-refractivity contribution in [3.05, 3.63) is 187 Å². The highest BCUT2D eigenvalue weighted by atomic mass is 32.1. The largest absolute Gasteiger partial charge is 0.452 e. The summed E-state index contributed by atoms with van der Waals surface area (Å²) in [5, 5.41) is 5.68. The van der Waals surface area contributed by atoms with E-state index in [0.717, 1.165) is 76.9 Å². The lowest BCUT2D eigenvalue weighted by atomic mass is 10.0. The number of furan rings is 1. The summed E-state index contributed by atoms with van der Waals surface area (Å²) in [6.45, 7) is 4.13. The molecule has 5 nitrogen and oxygen atoms in total. The van der Waals surface area contributed by atoms with E-state index in [1.54, 1.807) is 11.3 Å². The SMILES string of the molecule is C/C=C(\N=C(N=C(C)c1cccc2c1sc1ccccc12)c1ccc2sc3cccc(-c4nc(-c5ccccc5)c5oc6ccccc6c5n4)c3c2c1)c1ccccc1. The molecular formula is C52H34N4OS2. The second-order valence-electron chi connectivity index (χ2n) is 14.5. The van der Waals surface area contributed by atoms with Gasteiger partial charge in [0.25, 0.3) is 0 Å². The summed E-state index contributed by atoms with van der Waals surface area (Å²) in [4.78, 5) is 21.3. The van der Waals surface area contributed by atoms with Crippen molar-refractivity contribution < 1.29 is 4.42 Å². The number of aromatic nitrogens is 2. The fourth-order valence-corrected chi connectivity index (χ4v) is 10.5. The van der Waals surface area contributed by atoms with Crippen molar-refractivity contribution in [2.24, 2.45) is 9.98 Å². The Labute approximate surface area is 348 Å². The van der Waals surface area contributed by atoms with E-state index in [1.807, 2.05) is 72.9 Å². The number of nitrogens with zero attached hydrogens (tertiary/aromatic N) is 4. The highest BCUT2D eigenvalue weighted by Gasteiger charge is 2.21. The third-order valence-corrected chi connectivity index (χ3v) is 13.3. The van der Waals surface area contributed by atoms with E-state index in [2.05, 4.69) is 122 Å². The van der Waals surface area contributed by atoms with Gasteiger partial charge in [0.1, 0.15) is 16.8 Å². The van der Waals surface area contributed by atoms with Gasteiger partial charge in [0.2, 0.25) is 0 Å². The van der Waals surface area contributed by atoms with Gasteiger partial charge < -0.3 is 4.42 Å². The summed E-state index contributed by atoms with van der Waals surface area (Å²) in [6.07, 6.45) is 2.06. The van der Waals surface area contributed by atoms with Gasteiger partial charge in [-0.3, -0.25) is 0 Å². The zero-order chi connectivity index (χ0) is 39.5. The zero-order valence-corrected chi connectivity index (χ0v) is 33.8. The maximum Gasteiger partial charge on any atom is 0.180 e. The topological polar surface area (TPSA) is 63.6 Å². The monoisotopic (exact) mass is 794 g/mol. The number of allylic oxidation sites excluding steroid dienone is 1. The van der Waals surface area contributed by atoms with Gasteiger partial charge >= 0.3 is 0 Å². The van der Waals surface area contributed by atoms with E-state index in [0.29, 0.717) is 17.2 Å². The van der Waals surface area contributed by atoms with Crippen LogP contribution in [0.25, 0.3) is 90.8 Å². The summed E-state index contributed by atoms with van der Waals surface area (Å²) in [5.41, 5.74) is 9.81. The first-order valence-electron chi connectivity index (χ1n) is 19.6. The third kappa shape index (κ3) is 6.06. The highest BCUT2D eigenvalue weighted by molar-refractivity contribution is 7.26. The Morgan fingerprint density at radius 3 is 2.15 bits per heavy atom. The Bertz CT molecular complexity index is 3520. The fraction of sp³-hybridized carbons (Fsp3) is 0.0385. The maximum absolute atomic E-state index is 6.44. The molecule has 0 unspecified atom stereocenters. The molecular weight excluding hydrogens is 761 g/mol. The number of rotatable bonds is 6. The molecule has 0 saturated carbocycles. The first kappa shape index (κ1) is 35.1. The number of hydrogen-bond acceptors (Lipinski definition) is 6. The number of benzene rings is 7. The van der Waals surface area contributed by atoms with Crippen molar-refractivity contribution in [2.75, 3.05) is 0 Å². The van der Waals surface area contributed by atoms with E-state index in [-0.39, 0.29) is 0 Å². The number of aliphatic imine (C=N–C) groups is 2. The van der Waals surface area contributed by atoms with E-state index >= 15 is 0 Å². The van der Waals surface area contributed by atoms with Crippen LogP contribution in [-0.2, 0) is 0 Å². The summed E-state index contributed by atoms with van der Waals surface area (Å²) < 4.78 is 11.3. The predicted octanol–water partition coefficient (Wildman–Crippen LogP) is 14.8. The molecule has 7 aromatic carbocycles. The van der Waals surface area contributed by atoms with Gasteiger partial charge in [-0.25, -0.2) is 20.0 Å². The zero-order valence-electron chi connectivity index (χ0n) is 32.2. The molecule has 11 aromatic rings. The minimum atomic E-state index is 0.644. The van der Waals surface area contributed by atoms with Crippen LogP contribution in [0.4, 0.5) is 0 Å². The van der Waals surface area contributed by atoms with Crippen molar-refractivity contribution in [2.45, 2.75) is 13.8 Å². The van der Waals surface area contributed by atoms with Crippen LogP contribution in [0.1, 0.15) is 30.5 Å². The van der Waals surface area contributed by atoms with Crippen LogP contribution in [0.5, 0.6) is 0 Å². The van der Waals surface area contributed by atoms with Gasteiger partial charge in [-0.2, -0.15) is 0 Å². The van der Waals surface area contributed by atoms with E-state index in [9.17, 15) is 0 Å². The van der Waals surface area contributed by atoms with Crippen LogP contribution in [0, 0.1) is 0 Å². The number of fused-ring (bicyclic) bond motifs is 9. The molecule has 7 heteroatoms. The molecule has 0 aliphatic heterocycles. The van der Waals surface area contributed by atoms with Crippen LogP contribution in [0.3, 0.4) is 0 Å². The molecule has 0 saturated heterocycles. The van der Waals surface area contributed by atoms with Gasteiger partial charge in [-0.15, -0.1) is 22.7 Å². The first-order chi connectivity index (χ1) is 29.1. The molecule has 0 bridgehead atoms. The van der Waals surface area contributed by atoms with Gasteiger partial charge in [0, 0.05) is 73.7 Å². The van der Waals surface area contributed by atoms with Gasteiger partial charge in [-0.05, 0) is 61.9 Å². The van der Waals surface area contributed by atoms with Crippen molar-refractivity contribution in [1.29, 1.82) is 0 Å². The normalized spacial score (nSPS) is 12.9. The first-order valence-corrected chi connectivity index (χ1v) is 21.2. The van der Waals surface area contributed by atoms with E-state index < -0.39 is 0 Å². The summed E-state index contributed by atoms with van der Waals surface area (Å²) in [6, 6.07) is 56.8. The summed E-state index contributed by atoms with van der Waals surface area (Å²) >= 11 is 3.58. The highest BCUT2D eigenvalue weighted by Crippen LogP contribution is 2.42. The van der Waals surface area contributed by atoms with Crippen molar-refractivity contribution >= 4 is 102 Å². The fourth-order valence-electron chi connectivity index (χ4n) is 8.08. The molecule has 0 fully saturated rings. The number of amidine groups is 1. The van der Waals surface area contributed by atoms with Crippen LogP contribution in [-0.4, -0.2) is 21.5 Å². The van der Waals surface area contributed by atoms with Crippen LogP contribution >= 0.6 is 22.7 Å². The molecule has 59 heavy (non-hydrogen) atoms. The van der Waals surface area contributed by atoms with E-state index in [4.69, 9.17) is 24.4 Å². The Hall–Kier alpha value is -7.06. The molecule has 0 aliphatic carbocycles. The third-order valence-electron chi connectivity index (χ3n) is 10.9. The summed E-state index contributed by atoms with van der Waals surface area (Å²) in [5.74, 6) is 1.29. The minimum absolute atomic E-state index is 0.644. The van der Waals surface area contributed by atoms with Crippen LogP contribution < -0.4 is 0 Å². The number of para-hydroxylation sites is 1. The van der Waals surface area contributed by atoms with Gasteiger partial charge in [0.05, 0.1) is 5.70 Å². The molecule has 0 atom stereocenters. The molecule has 0 radical (unpaired) electrons. The average Bonchev–Trinajstić information content (AvgIpc) is 3.99. The lowest BCUT2D eigenvalue weighted by Crippen LogP contribution is -2.04. The Morgan fingerprint density at radius 2 is 1.31 bits per heavy atom. The second-order valence-corrected chi connectivity index (χ2v) is 16.6. The van der Waals surface area contributed by atoms with Crippen molar-refractivity contribution in [3.8, 4) is 22.6 Å². The molecule has 4 aromatic heterocycles. The molecule has 0 aliphatic rings. The predicted molar refractivity (Wildman–Crippen MR) is 251 cm³/mol. The van der Waals surface area contributed by atoms with Crippen LogP contribution in [0.2, 0.25) is 0 Å². The van der Waals surface area contributed by atoms with Crippen molar-refractivity contribution in [1.82, 2.24) is 9.97 Å². The lowest BCUT2D eigenvalue weighted by Gasteiger charge is -2.10. The maximum atomic E-state index is 6.44. The van der Waals surface area contributed by atoms with E-state index in [1.165, 1.54) is 24.9 Å². The van der Waals surface area contributed by atoms with Crippen molar-refractivity contribution in [3.63, 3.8) is 0 Å². The Morgan fingerprint density at radius 1 is 0.593 bits per heavy atom. The Balaban J connectivity index is 1.12. The van der Waals surface area contributed by atoms with Gasteiger partial charge in [0.15, 0.2) is 17.2 Å². The molecule has 280 valence electrons. The molecule has 11 rings (SSSR count). The average molecular weight is 795 g/mol. The summed E-state index contributed by atoms with van der Waals surface area (Å²) in [7, 11) is 0. The molecule has 4 heterocycles. The molecule has 0 spiro atoms. The molecule has 0 amide bonds.